The van der Waals surface area contributed by atoms with Crippen LogP contribution in [0.2, 0.25) is 18.1 Å². The van der Waals surface area contributed by atoms with Crippen LogP contribution in [-0.4, -0.2) is 14.4 Å². The Morgan fingerprint density at radius 1 is 1.00 bits per heavy atom. The first kappa shape index (κ1) is 15.2. The molecule has 0 aliphatic rings. The van der Waals surface area contributed by atoms with Crippen molar-refractivity contribution in [1.82, 2.24) is 0 Å². The van der Waals surface area contributed by atoms with E-state index < -0.39 is 8.32 Å². The average Bonchev–Trinajstić information content (AvgIpc) is 2.25. The monoisotopic (exact) mass is 230 g/mol. The van der Waals surface area contributed by atoms with Crippen LogP contribution in [0.15, 0.2) is 0 Å². The molecule has 0 aliphatic carbocycles. The predicted octanol–water partition coefficient (Wildman–Crippen LogP) is 4.83. The van der Waals surface area contributed by atoms with Gasteiger partial charge in [-0.25, -0.2) is 0 Å². The largest absolute Gasteiger partial charge is 0.414 e. The van der Waals surface area contributed by atoms with Crippen LogP contribution < -0.4 is 0 Å². The van der Waals surface area contributed by atoms with Crippen molar-refractivity contribution in [1.29, 1.82) is 0 Å². The highest BCUT2D eigenvalue weighted by molar-refractivity contribution is 6.73. The summed E-state index contributed by atoms with van der Waals surface area (Å²) in [6, 6.07) is 3.76. The Hall–Kier alpha value is 0.177. The molecule has 1 unspecified atom stereocenters. The fraction of sp³-hybridized carbons (Fsp3) is 1.00. The van der Waals surface area contributed by atoms with Crippen molar-refractivity contribution in [2.45, 2.75) is 79.1 Å². The zero-order valence-electron chi connectivity index (χ0n) is 11.8. The molecule has 2 heteroatoms. The van der Waals surface area contributed by atoms with Gasteiger partial charge in [0.2, 0.25) is 0 Å². The maximum Gasteiger partial charge on any atom is 0.192 e. The van der Waals surface area contributed by atoms with Crippen molar-refractivity contribution in [3.8, 4) is 0 Å². The molecule has 0 radical (unpaired) electrons. The van der Waals surface area contributed by atoms with E-state index in [-0.39, 0.29) is 0 Å². The molecule has 0 aromatic rings. The quantitative estimate of drug-likeness (QED) is 0.569. The average molecular weight is 230 g/mol. The van der Waals surface area contributed by atoms with Crippen molar-refractivity contribution < 1.29 is 4.43 Å². The molecule has 0 N–H and O–H groups in total. The molecular formula is C13H30OSi. The third-order valence-corrected chi connectivity index (χ3v) is 9.09. The third-order valence-electron chi connectivity index (χ3n) is 4.37. The third kappa shape index (κ3) is 3.91. The van der Waals surface area contributed by atoms with Gasteiger partial charge in [0.15, 0.2) is 8.32 Å². The van der Waals surface area contributed by atoms with Crippen molar-refractivity contribution in [3.05, 3.63) is 0 Å². The van der Waals surface area contributed by atoms with Crippen LogP contribution in [0.4, 0.5) is 0 Å². The van der Waals surface area contributed by atoms with Gasteiger partial charge in [-0.2, -0.15) is 0 Å². The minimum Gasteiger partial charge on any atom is -0.414 e. The summed E-state index contributed by atoms with van der Waals surface area (Å²) in [5.41, 5.74) is 0.317. The second kappa shape index (κ2) is 6.05. The maximum atomic E-state index is 6.48. The highest BCUT2D eigenvalue weighted by atomic mass is 28.4. The van der Waals surface area contributed by atoms with Crippen molar-refractivity contribution in [3.63, 3.8) is 0 Å². The standard InChI is InChI=1S/C13H30OSi/c1-8-13(6,7)12(5)14-15(9-2,10-3)11-4/h12H,8-11H2,1-7H3. The summed E-state index contributed by atoms with van der Waals surface area (Å²) >= 11 is 0. The Kier molecular flexibility index (Phi) is 6.12. The van der Waals surface area contributed by atoms with E-state index in [1.807, 2.05) is 0 Å². The lowest BCUT2D eigenvalue weighted by atomic mass is 9.85. The first-order valence-corrected chi connectivity index (χ1v) is 9.08. The van der Waals surface area contributed by atoms with Gasteiger partial charge < -0.3 is 4.43 Å². The maximum absolute atomic E-state index is 6.48. The first-order valence-electron chi connectivity index (χ1n) is 6.55. The van der Waals surface area contributed by atoms with Crippen LogP contribution in [0.1, 0.15) is 54.9 Å². The molecule has 0 saturated heterocycles. The van der Waals surface area contributed by atoms with Crippen LogP contribution >= 0.6 is 0 Å². The predicted molar refractivity (Wildman–Crippen MR) is 71.8 cm³/mol. The number of hydrogen-bond acceptors (Lipinski definition) is 1. The highest BCUT2D eigenvalue weighted by Crippen LogP contribution is 2.32. The van der Waals surface area contributed by atoms with Crippen LogP contribution in [0.5, 0.6) is 0 Å². The minimum atomic E-state index is -1.41. The molecule has 0 spiro atoms. The summed E-state index contributed by atoms with van der Waals surface area (Å²) < 4.78 is 6.48. The minimum absolute atomic E-state index is 0.317. The summed E-state index contributed by atoms with van der Waals surface area (Å²) in [7, 11) is -1.41. The van der Waals surface area contributed by atoms with Crippen LogP contribution in [0.25, 0.3) is 0 Å². The van der Waals surface area contributed by atoms with Crippen LogP contribution in [0, 0.1) is 5.41 Å². The van der Waals surface area contributed by atoms with Gasteiger partial charge in [-0.1, -0.05) is 41.5 Å². The van der Waals surface area contributed by atoms with Gasteiger partial charge in [-0.05, 0) is 36.9 Å². The van der Waals surface area contributed by atoms with Crippen molar-refractivity contribution in [2.24, 2.45) is 5.41 Å². The molecular weight excluding hydrogens is 200 g/mol. The Morgan fingerprint density at radius 3 is 1.67 bits per heavy atom. The van der Waals surface area contributed by atoms with Crippen molar-refractivity contribution >= 4 is 8.32 Å². The lowest BCUT2D eigenvalue weighted by Gasteiger charge is -2.39. The van der Waals surface area contributed by atoms with Gasteiger partial charge in [-0.3, -0.25) is 0 Å². The van der Waals surface area contributed by atoms with Gasteiger partial charge in [0.25, 0.3) is 0 Å². The summed E-state index contributed by atoms with van der Waals surface area (Å²) in [4.78, 5) is 0. The Labute approximate surface area is 97.7 Å². The van der Waals surface area contributed by atoms with E-state index in [4.69, 9.17) is 4.43 Å². The zero-order valence-corrected chi connectivity index (χ0v) is 12.8. The van der Waals surface area contributed by atoms with Gasteiger partial charge in [-0.15, -0.1) is 0 Å². The molecule has 0 saturated carbocycles. The first-order chi connectivity index (χ1) is 6.87. The highest BCUT2D eigenvalue weighted by Gasteiger charge is 2.35. The summed E-state index contributed by atoms with van der Waals surface area (Å²) in [5, 5.41) is 0. The van der Waals surface area contributed by atoms with Crippen molar-refractivity contribution in [2.75, 3.05) is 0 Å². The topological polar surface area (TPSA) is 9.23 Å². The van der Waals surface area contributed by atoms with Crippen LogP contribution in [-0.2, 0) is 4.43 Å². The Balaban J connectivity index is 4.54. The molecule has 92 valence electrons. The van der Waals surface area contributed by atoms with Gasteiger partial charge >= 0.3 is 0 Å². The number of hydrogen-bond donors (Lipinski definition) is 0. The molecule has 1 atom stereocenters. The summed E-state index contributed by atoms with van der Waals surface area (Å²) in [5.74, 6) is 0. The zero-order chi connectivity index (χ0) is 12.1. The lowest BCUT2D eigenvalue weighted by molar-refractivity contribution is 0.0753. The van der Waals surface area contributed by atoms with Gasteiger partial charge in [0.1, 0.15) is 0 Å². The summed E-state index contributed by atoms with van der Waals surface area (Å²) in [6.45, 7) is 16.0. The molecule has 0 heterocycles. The van der Waals surface area contributed by atoms with Gasteiger partial charge in [0, 0.05) is 6.10 Å². The molecule has 0 bridgehead atoms. The van der Waals surface area contributed by atoms with E-state index in [1.165, 1.54) is 24.6 Å². The molecule has 0 aliphatic heterocycles. The normalized spacial score (nSPS) is 15.4. The van der Waals surface area contributed by atoms with Gasteiger partial charge in [0.05, 0.1) is 0 Å². The van der Waals surface area contributed by atoms with E-state index in [2.05, 4.69) is 48.5 Å². The lowest BCUT2D eigenvalue weighted by Crippen LogP contribution is -2.43. The second-order valence-electron chi connectivity index (χ2n) is 5.35. The number of rotatable bonds is 7. The molecule has 0 rings (SSSR count). The Bertz CT molecular complexity index is 165. The SMILES string of the molecule is CCC(C)(C)C(C)O[Si](CC)(CC)CC. The molecule has 1 nitrogen and oxygen atoms in total. The van der Waals surface area contributed by atoms with E-state index in [0.29, 0.717) is 11.5 Å². The Morgan fingerprint density at radius 2 is 1.40 bits per heavy atom. The second-order valence-corrected chi connectivity index (χ2v) is 10.1. The molecule has 0 fully saturated rings. The molecule has 15 heavy (non-hydrogen) atoms. The fourth-order valence-electron chi connectivity index (χ4n) is 1.82. The van der Waals surface area contributed by atoms with E-state index in [1.54, 1.807) is 0 Å². The molecule has 0 amide bonds. The van der Waals surface area contributed by atoms with E-state index >= 15 is 0 Å². The molecule has 0 aromatic heterocycles. The molecule has 0 aromatic carbocycles. The smallest absolute Gasteiger partial charge is 0.192 e. The fourth-order valence-corrected chi connectivity index (χ4v) is 4.89. The summed E-state index contributed by atoms with van der Waals surface area (Å²) in [6.07, 6.45) is 1.59. The van der Waals surface area contributed by atoms with E-state index in [0.717, 1.165) is 0 Å². The van der Waals surface area contributed by atoms with E-state index in [9.17, 15) is 0 Å². The van der Waals surface area contributed by atoms with Crippen LogP contribution in [0.3, 0.4) is 0 Å².